The van der Waals surface area contributed by atoms with E-state index in [9.17, 15) is 4.79 Å². The van der Waals surface area contributed by atoms with Crippen molar-refractivity contribution >= 4 is 5.91 Å². The summed E-state index contributed by atoms with van der Waals surface area (Å²) in [6.45, 7) is 5.65. The molecule has 1 amide bonds. The van der Waals surface area contributed by atoms with Crippen LogP contribution in [-0.4, -0.2) is 23.9 Å². The van der Waals surface area contributed by atoms with Crippen LogP contribution in [0.15, 0.2) is 12.7 Å². The Labute approximate surface area is 73.2 Å². The topological polar surface area (TPSA) is 20.3 Å². The van der Waals surface area contributed by atoms with Gasteiger partial charge < -0.3 is 4.90 Å². The average molecular weight is 165 g/mol. The molecule has 2 nitrogen and oxygen atoms in total. The Morgan fingerprint density at radius 2 is 2.33 bits per heavy atom. The van der Waals surface area contributed by atoms with E-state index in [0.29, 0.717) is 18.2 Å². The van der Waals surface area contributed by atoms with Gasteiger partial charge in [-0.1, -0.05) is 6.08 Å². The Hall–Kier alpha value is -0.790. The van der Waals surface area contributed by atoms with E-state index in [4.69, 9.17) is 0 Å². The first-order valence-electron chi connectivity index (χ1n) is 4.70. The molecule has 0 aromatic rings. The predicted octanol–water partition coefficient (Wildman–Crippen LogP) is 1.43. The molecule has 0 radical (unpaired) electrons. The first-order chi connectivity index (χ1) is 5.79. The van der Waals surface area contributed by atoms with Crippen molar-refractivity contribution < 1.29 is 4.79 Å². The van der Waals surface area contributed by atoms with Crippen LogP contribution >= 0.6 is 0 Å². The molecule has 1 unspecified atom stereocenters. The van der Waals surface area contributed by atoms with Gasteiger partial charge in [-0.25, -0.2) is 0 Å². The summed E-state index contributed by atoms with van der Waals surface area (Å²) >= 11 is 0. The van der Waals surface area contributed by atoms with Gasteiger partial charge in [0.05, 0.1) is 0 Å². The first kappa shape index (κ1) is 7.84. The molecule has 0 aromatic heterocycles. The molecule has 2 aliphatic rings. The quantitative estimate of drug-likeness (QED) is 0.579. The van der Waals surface area contributed by atoms with E-state index in [1.807, 2.05) is 11.0 Å². The smallest absolute Gasteiger partial charge is 0.223 e. The number of rotatable bonds is 3. The highest BCUT2D eigenvalue weighted by atomic mass is 16.2. The van der Waals surface area contributed by atoms with Gasteiger partial charge in [0, 0.05) is 25.4 Å². The maximum Gasteiger partial charge on any atom is 0.223 e. The van der Waals surface area contributed by atoms with Crippen LogP contribution in [0.5, 0.6) is 0 Å². The summed E-state index contributed by atoms with van der Waals surface area (Å²) in [5.74, 6) is 1.56. The van der Waals surface area contributed by atoms with Gasteiger partial charge >= 0.3 is 0 Å². The lowest BCUT2D eigenvalue weighted by atomic mass is 10.1. The second-order valence-electron chi connectivity index (χ2n) is 3.94. The molecular weight excluding hydrogens is 150 g/mol. The van der Waals surface area contributed by atoms with Gasteiger partial charge in [0.15, 0.2) is 0 Å². The van der Waals surface area contributed by atoms with E-state index in [1.165, 1.54) is 12.8 Å². The maximum absolute atomic E-state index is 11.4. The standard InChI is InChI=1S/C10H15NO/c1-2-8-5-10(12)11(6-8)7-9-3-4-9/h2,8-9H,1,3-7H2. The molecule has 1 aliphatic heterocycles. The highest BCUT2D eigenvalue weighted by molar-refractivity contribution is 5.79. The van der Waals surface area contributed by atoms with Crippen molar-refractivity contribution in [2.75, 3.05) is 13.1 Å². The van der Waals surface area contributed by atoms with Crippen LogP contribution in [0, 0.1) is 11.8 Å². The van der Waals surface area contributed by atoms with Crippen LogP contribution in [0.25, 0.3) is 0 Å². The number of hydrogen-bond donors (Lipinski definition) is 0. The lowest BCUT2D eigenvalue weighted by Gasteiger charge is -2.14. The highest BCUT2D eigenvalue weighted by Crippen LogP contribution is 2.31. The Kier molecular flexibility index (Phi) is 1.91. The van der Waals surface area contributed by atoms with Gasteiger partial charge in [-0.05, 0) is 18.8 Å². The molecule has 12 heavy (non-hydrogen) atoms. The molecule has 1 saturated carbocycles. The predicted molar refractivity (Wildman–Crippen MR) is 47.6 cm³/mol. The summed E-state index contributed by atoms with van der Waals surface area (Å²) in [7, 11) is 0. The summed E-state index contributed by atoms with van der Waals surface area (Å²) in [6.07, 6.45) is 5.24. The average Bonchev–Trinajstić information content (AvgIpc) is 2.78. The minimum Gasteiger partial charge on any atom is -0.342 e. The van der Waals surface area contributed by atoms with Crippen molar-refractivity contribution in [2.45, 2.75) is 19.3 Å². The SMILES string of the molecule is C=CC1CC(=O)N(CC2CC2)C1. The zero-order valence-electron chi connectivity index (χ0n) is 7.33. The molecule has 0 aromatic carbocycles. The second kappa shape index (κ2) is 2.92. The van der Waals surface area contributed by atoms with Crippen molar-refractivity contribution in [3.8, 4) is 0 Å². The van der Waals surface area contributed by atoms with Gasteiger partial charge in [-0.3, -0.25) is 4.79 Å². The normalized spacial score (nSPS) is 29.5. The number of likely N-dealkylation sites (tertiary alicyclic amines) is 1. The minimum absolute atomic E-state index is 0.326. The van der Waals surface area contributed by atoms with Crippen LogP contribution in [0.2, 0.25) is 0 Å². The van der Waals surface area contributed by atoms with Gasteiger partial charge in [-0.2, -0.15) is 0 Å². The zero-order valence-corrected chi connectivity index (χ0v) is 7.33. The van der Waals surface area contributed by atoms with Crippen molar-refractivity contribution in [1.82, 2.24) is 4.90 Å². The van der Waals surface area contributed by atoms with E-state index in [0.717, 1.165) is 19.0 Å². The summed E-state index contributed by atoms with van der Waals surface area (Å²) in [5, 5.41) is 0. The second-order valence-corrected chi connectivity index (χ2v) is 3.94. The molecule has 1 atom stereocenters. The van der Waals surface area contributed by atoms with Crippen LogP contribution in [0.3, 0.4) is 0 Å². The summed E-state index contributed by atoms with van der Waals surface area (Å²) in [6, 6.07) is 0. The largest absolute Gasteiger partial charge is 0.342 e. The third-order valence-corrected chi connectivity index (χ3v) is 2.75. The molecule has 0 N–H and O–H groups in total. The van der Waals surface area contributed by atoms with E-state index in [-0.39, 0.29) is 0 Å². The third-order valence-electron chi connectivity index (χ3n) is 2.75. The fourth-order valence-corrected chi connectivity index (χ4v) is 1.75. The van der Waals surface area contributed by atoms with E-state index >= 15 is 0 Å². The molecule has 66 valence electrons. The summed E-state index contributed by atoms with van der Waals surface area (Å²) < 4.78 is 0. The number of carbonyl (C=O) groups excluding carboxylic acids is 1. The molecule has 0 bridgehead atoms. The molecule has 1 heterocycles. The molecular formula is C10H15NO. The monoisotopic (exact) mass is 165 g/mol. The van der Waals surface area contributed by atoms with Gasteiger partial charge in [0.1, 0.15) is 0 Å². The lowest BCUT2D eigenvalue weighted by Crippen LogP contribution is -2.27. The van der Waals surface area contributed by atoms with Crippen molar-refractivity contribution in [1.29, 1.82) is 0 Å². The van der Waals surface area contributed by atoms with E-state index in [1.54, 1.807) is 0 Å². The zero-order chi connectivity index (χ0) is 8.55. The summed E-state index contributed by atoms with van der Waals surface area (Å²) in [4.78, 5) is 13.4. The fourth-order valence-electron chi connectivity index (χ4n) is 1.75. The van der Waals surface area contributed by atoms with E-state index < -0.39 is 0 Å². The van der Waals surface area contributed by atoms with Gasteiger partial charge in [-0.15, -0.1) is 6.58 Å². The number of nitrogens with zero attached hydrogens (tertiary/aromatic N) is 1. The van der Waals surface area contributed by atoms with Crippen molar-refractivity contribution in [3.63, 3.8) is 0 Å². The number of amides is 1. The van der Waals surface area contributed by atoms with Gasteiger partial charge in [0.25, 0.3) is 0 Å². The molecule has 0 spiro atoms. The Bertz CT molecular complexity index is 208. The summed E-state index contributed by atoms with van der Waals surface area (Å²) in [5.41, 5.74) is 0. The Morgan fingerprint density at radius 1 is 1.58 bits per heavy atom. The molecule has 2 fully saturated rings. The van der Waals surface area contributed by atoms with Gasteiger partial charge in [0.2, 0.25) is 5.91 Å². The lowest BCUT2D eigenvalue weighted by molar-refractivity contribution is -0.127. The number of hydrogen-bond acceptors (Lipinski definition) is 1. The van der Waals surface area contributed by atoms with Crippen LogP contribution < -0.4 is 0 Å². The van der Waals surface area contributed by atoms with Crippen LogP contribution in [-0.2, 0) is 4.79 Å². The highest BCUT2D eigenvalue weighted by Gasteiger charge is 2.32. The molecule has 2 heteroatoms. The molecule has 2 rings (SSSR count). The third kappa shape index (κ3) is 1.52. The maximum atomic E-state index is 11.4. The Balaban J connectivity index is 1.88. The van der Waals surface area contributed by atoms with E-state index in [2.05, 4.69) is 6.58 Å². The van der Waals surface area contributed by atoms with Crippen LogP contribution in [0.4, 0.5) is 0 Å². The van der Waals surface area contributed by atoms with Crippen molar-refractivity contribution in [2.24, 2.45) is 11.8 Å². The van der Waals surface area contributed by atoms with Crippen LogP contribution in [0.1, 0.15) is 19.3 Å². The number of carbonyl (C=O) groups is 1. The fraction of sp³-hybridized carbons (Fsp3) is 0.700. The van der Waals surface area contributed by atoms with Crippen molar-refractivity contribution in [3.05, 3.63) is 12.7 Å². The first-order valence-corrected chi connectivity index (χ1v) is 4.70. The minimum atomic E-state index is 0.326. The molecule has 1 aliphatic carbocycles. The molecule has 1 saturated heterocycles. The Morgan fingerprint density at radius 3 is 2.83 bits per heavy atom.